The number of carbonyl (C=O) groups excluding carboxylic acids is 1. The topological polar surface area (TPSA) is 17.1 Å². The van der Waals surface area contributed by atoms with Crippen molar-refractivity contribution >= 4 is 28.4 Å². The van der Waals surface area contributed by atoms with Crippen LogP contribution in [-0.2, 0) is 4.79 Å². The lowest BCUT2D eigenvalue weighted by Gasteiger charge is -2.38. The molecule has 15 heavy (non-hydrogen) atoms. The summed E-state index contributed by atoms with van der Waals surface area (Å²) >= 11 is 2.49. The molecular weight excluding hydrogens is 299 g/mol. The van der Waals surface area contributed by atoms with E-state index in [9.17, 15) is 4.79 Å². The van der Waals surface area contributed by atoms with Crippen LogP contribution in [0.2, 0.25) is 0 Å². The van der Waals surface area contributed by atoms with Gasteiger partial charge in [-0.3, -0.25) is 4.79 Å². The van der Waals surface area contributed by atoms with Gasteiger partial charge in [-0.15, -0.1) is 0 Å². The first kappa shape index (κ1) is 11.9. The second kappa shape index (κ2) is 4.34. The maximum absolute atomic E-state index is 12.1. The maximum Gasteiger partial charge on any atom is 0.139 e. The highest BCUT2D eigenvalue weighted by molar-refractivity contribution is 14.1. The van der Waals surface area contributed by atoms with E-state index >= 15 is 0 Å². The Bertz CT molecular complexity index is 263. The molecule has 0 aromatic carbocycles. The van der Waals surface area contributed by atoms with Crippen LogP contribution in [0, 0.1) is 23.2 Å². The van der Waals surface area contributed by atoms with Crippen molar-refractivity contribution in [3.63, 3.8) is 0 Å². The molecule has 1 nitrogen and oxygen atoms in total. The minimum atomic E-state index is 0.0585. The molecule has 0 radical (unpaired) electrons. The number of hydrogen-bond donors (Lipinski definition) is 0. The molecule has 0 bridgehead atoms. The smallest absolute Gasteiger partial charge is 0.139 e. The van der Waals surface area contributed by atoms with Crippen LogP contribution in [0.4, 0.5) is 0 Å². The zero-order chi connectivity index (χ0) is 11.1. The Morgan fingerprint density at radius 3 is 2.93 bits per heavy atom. The lowest BCUT2D eigenvalue weighted by Crippen LogP contribution is -2.38. The van der Waals surface area contributed by atoms with Crippen molar-refractivity contribution < 1.29 is 4.79 Å². The van der Waals surface area contributed by atoms with Crippen molar-refractivity contribution in [1.82, 2.24) is 0 Å². The average molecular weight is 320 g/mol. The number of fused-ring (bicyclic) bond motifs is 1. The van der Waals surface area contributed by atoms with Crippen LogP contribution in [0.3, 0.4) is 0 Å². The van der Waals surface area contributed by atoms with Gasteiger partial charge in [-0.05, 0) is 43.4 Å². The van der Waals surface area contributed by atoms with E-state index in [4.69, 9.17) is 0 Å². The summed E-state index contributed by atoms with van der Waals surface area (Å²) in [6, 6.07) is 0. The zero-order valence-corrected chi connectivity index (χ0v) is 11.9. The number of Topliss-reactive ketones (excluding diaryl/α,β-unsaturated/α-hetero) is 1. The van der Waals surface area contributed by atoms with E-state index in [1.54, 1.807) is 0 Å². The average Bonchev–Trinajstić information content (AvgIpc) is 2.57. The lowest BCUT2D eigenvalue weighted by atomic mass is 9.65. The summed E-state index contributed by atoms with van der Waals surface area (Å²) in [4.78, 5) is 12.1. The summed E-state index contributed by atoms with van der Waals surface area (Å²) in [5.74, 6) is 2.87. The Morgan fingerprint density at radius 2 is 2.27 bits per heavy atom. The molecule has 2 heteroatoms. The minimum Gasteiger partial charge on any atom is -0.299 e. The molecule has 1 unspecified atom stereocenters. The van der Waals surface area contributed by atoms with Gasteiger partial charge in [0.1, 0.15) is 5.78 Å². The highest BCUT2D eigenvalue weighted by Gasteiger charge is 2.51. The third kappa shape index (κ3) is 1.87. The van der Waals surface area contributed by atoms with Crippen molar-refractivity contribution in [3.05, 3.63) is 0 Å². The van der Waals surface area contributed by atoms with Crippen LogP contribution in [0.15, 0.2) is 0 Å². The predicted molar refractivity (Wildman–Crippen MR) is 71.2 cm³/mol. The fourth-order valence-corrected chi connectivity index (χ4v) is 4.42. The van der Waals surface area contributed by atoms with E-state index in [-0.39, 0.29) is 5.41 Å². The summed E-state index contributed by atoms with van der Waals surface area (Å²) in [5.41, 5.74) is 0.0585. The zero-order valence-electron chi connectivity index (χ0n) is 9.76. The monoisotopic (exact) mass is 320 g/mol. The highest BCUT2D eigenvalue weighted by Crippen LogP contribution is 2.55. The molecule has 0 spiro atoms. The Kier molecular flexibility index (Phi) is 3.44. The van der Waals surface area contributed by atoms with Gasteiger partial charge in [-0.1, -0.05) is 36.4 Å². The van der Waals surface area contributed by atoms with Gasteiger partial charge >= 0.3 is 0 Å². The number of hydrogen-bond acceptors (Lipinski definition) is 1. The summed E-state index contributed by atoms with van der Waals surface area (Å²) in [6.07, 6.45) is 5.73. The third-order valence-electron chi connectivity index (χ3n) is 4.86. The Balaban J connectivity index is 2.18. The first-order valence-corrected chi connectivity index (χ1v) is 7.71. The Labute approximate surface area is 107 Å². The van der Waals surface area contributed by atoms with E-state index in [1.165, 1.54) is 17.3 Å². The van der Waals surface area contributed by atoms with Gasteiger partial charge in [0.25, 0.3) is 0 Å². The molecule has 0 heterocycles. The third-order valence-corrected chi connectivity index (χ3v) is 6.25. The molecule has 86 valence electrons. The van der Waals surface area contributed by atoms with E-state index < -0.39 is 0 Å². The number of halogens is 1. The molecule has 0 aliphatic heterocycles. The molecule has 0 aromatic rings. The number of ketones is 1. The van der Waals surface area contributed by atoms with Gasteiger partial charge in [-0.2, -0.15) is 0 Å². The molecule has 2 saturated carbocycles. The van der Waals surface area contributed by atoms with Gasteiger partial charge in [0.15, 0.2) is 0 Å². The fraction of sp³-hybridized carbons (Fsp3) is 0.923. The molecule has 2 aliphatic carbocycles. The largest absolute Gasteiger partial charge is 0.299 e. The van der Waals surface area contributed by atoms with E-state index in [2.05, 4.69) is 36.4 Å². The second-order valence-corrected chi connectivity index (χ2v) is 6.55. The van der Waals surface area contributed by atoms with E-state index in [0.29, 0.717) is 11.7 Å². The quantitative estimate of drug-likeness (QED) is 0.558. The van der Waals surface area contributed by atoms with Crippen molar-refractivity contribution in [2.24, 2.45) is 23.2 Å². The van der Waals surface area contributed by atoms with Gasteiger partial charge < -0.3 is 0 Å². The summed E-state index contributed by atoms with van der Waals surface area (Å²) in [5, 5.41) is 0. The van der Waals surface area contributed by atoms with Crippen LogP contribution >= 0.6 is 22.6 Å². The molecule has 2 rings (SSSR count). The normalized spacial score (nSPS) is 42.7. The molecular formula is C13H21IO. The van der Waals surface area contributed by atoms with Crippen LogP contribution < -0.4 is 0 Å². The van der Waals surface area contributed by atoms with Crippen molar-refractivity contribution in [2.45, 2.75) is 46.0 Å². The van der Waals surface area contributed by atoms with Crippen LogP contribution in [-0.4, -0.2) is 10.2 Å². The summed E-state index contributed by atoms with van der Waals surface area (Å²) in [7, 11) is 0. The van der Waals surface area contributed by atoms with Gasteiger partial charge in [-0.25, -0.2) is 0 Å². The number of alkyl halides is 1. The minimum absolute atomic E-state index is 0.0585. The SMILES string of the molecule is C[C@H](CI)[C@@H]1CC[C@@]2(C)C(=O)CCCC12. The Hall–Kier alpha value is 0.400. The first-order chi connectivity index (χ1) is 7.09. The number of carbonyl (C=O) groups is 1. The molecule has 0 saturated heterocycles. The predicted octanol–water partition coefficient (Wildman–Crippen LogP) is 3.84. The van der Waals surface area contributed by atoms with Crippen molar-refractivity contribution in [1.29, 1.82) is 0 Å². The molecule has 2 aliphatic rings. The Morgan fingerprint density at radius 1 is 1.53 bits per heavy atom. The van der Waals surface area contributed by atoms with E-state index in [0.717, 1.165) is 31.1 Å². The summed E-state index contributed by atoms with van der Waals surface area (Å²) < 4.78 is 1.24. The van der Waals surface area contributed by atoms with Gasteiger partial charge in [0.05, 0.1) is 0 Å². The molecule has 4 atom stereocenters. The molecule has 0 amide bonds. The van der Waals surface area contributed by atoms with Crippen molar-refractivity contribution in [3.8, 4) is 0 Å². The van der Waals surface area contributed by atoms with Crippen LogP contribution in [0.25, 0.3) is 0 Å². The number of rotatable bonds is 2. The van der Waals surface area contributed by atoms with E-state index in [1.807, 2.05) is 0 Å². The maximum atomic E-state index is 12.1. The van der Waals surface area contributed by atoms with Gasteiger partial charge in [0.2, 0.25) is 0 Å². The standard InChI is InChI=1S/C13H21IO/c1-9(8-14)10-6-7-13(2)11(10)4-3-5-12(13)15/h9-11H,3-8H2,1-2H3/t9-,10+,11?,13-/m1/s1. The fourth-order valence-electron chi connectivity index (χ4n) is 3.77. The lowest BCUT2D eigenvalue weighted by molar-refractivity contribution is -0.133. The van der Waals surface area contributed by atoms with Crippen LogP contribution in [0.5, 0.6) is 0 Å². The van der Waals surface area contributed by atoms with Gasteiger partial charge in [0, 0.05) is 16.3 Å². The van der Waals surface area contributed by atoms with Crippen molar-refractivity contribution in [2.75, 3.05) is 4.43 Å². The summed E-state index contributed by atoms with van der Waals surface area (Å²) in [6.45, 7) is 4.60. The first-order valence-electron chi connectivity index (χ1n) is 6.19. The highest BCUT2D eigenvalue weighted by atomic mass is 127. The second-order valence-electron chi connectivity index (χ2n) is 5.67. The van der Waals surface area contributed by atoms with Crippen LogP contribution in [0.1, 0.15) is 46.0 Å². The molecule has 0 aromatic heterocycles. The molecule has 2 fully saturated rings. The molecule has 0 N–H and O–H groups in total.